The number of amides is 2. The van der Waals surface area contributed by atoms with E-state index >= 15 is 0 Å². The van der Waals surface area contributed by atoms with Crippen LogP contribution in [0, 0.1) is 17.0 Å². The monoisotopic (exact) mass is 307 g/mol. The Morgan fingerprint density at radius 1 is 1.27 bits per heavy atom. The van der Waals surface area contributed by atoms with Gasteiger partial charge in [0.05, 0.1) is 5.56 Å². The highest BCUT2D eigenvalue weighted by atomic mass is 16.6. The lowest BCUT2D eigenvalue weighted by atomic mass is 10.1. The van der Waals surface area contributed by atoms with E-state index in [9.17, 15) is 19.7 Å². The van der Waals surface area contributed by atoms with Crippen molar-refractivity contribution in [1.29, 1.82) is 0 Å². The molecule has 0 aliphatic heterocycles. The smallest absolute Gasteiger partial charge is 0.358 e. The molecule has 0 saturated carbocycles. The van der Waals surface area contributed by atoms with Gasteiger partial charge in [0.1, 0.15) is 6.20 Å². The normalized spacial score (nSPS) is 10.3. The summed E-state index contributed by atoms with van der Waals surface area (Å²) in [6.45, 7) is 3.72. The van der Waals surface area contributed by atoms with Crippen LogP contribution in [0.15, 0.2) is 12.3 Å². The Labute approximate surface area is 129 Å². The number of carbonyl (C=O) groups is 2. The molecule has 1 aromatic heterocycles. The lowest BCUT2D eigenvalue weighted by Crippen LogP contribution is -2.30. The van der Waals surface area contributed by atoms with Gasteiger partial charge in [-0.15, -0.1) is 0 Å². The summed E-state index contributed by atoms with van der Waals surface area (Å²) in [7, 11) is 0. The maximum atomic E-state index is 12.0. The molecule has 120 valence electrons. The van der Waals surface area contributed by atoms with Crippen LogP contribution in [-0.4, -0.2) is 21.7 Å². The van der Waals surface area contributed by atoms with Crippen molar-refractivity contribution >= 4 is 17.6 Å². The van der Waals surface area contributed by atoms with Crippen LogP contribution < -0.4 is 5.32 Å². The Morgan fingerprint density at radius 3 is 2.59 bits per heavy atom. The average Bonchev–Trinajstić information content (AvgIpc) is 2.47. The molecule has 0 bridgehead atoms. The first-order chi connectivity index (χ1) is 10.5. The first kappa shape index (κ1) is 17.7. The highest BCUT2D eigenvalue weighted by Crippen LogP contribution is 2.14. The molecular weight excluding hydrogens is 286 g/mol. The number of aryl methyl sites for hydroxylation is 1. The lowest BCUT2D eigenvalue weighted by molar-refractivity contribution is -0.389. The summed E-state index contributed by atoms with van der Waals surface area (Å²) < 4.78 is 0. The van der Waals surface area contributed by atoms with Gasteiger partial charge in [-0.25, -0.2) is 0 Å². The fourth-order valence-corrected chi connectivity index (χ4v) is 2.00. The van der Waals surface area contributed by atoms with E-state index in [1.165, 1.54) is 6.20 Å². The first-order valence-electron chi connectivity index (χ1n) is 7.41. The van der Waals surface area contributed by atoms with Crippen LogP contribution in [0.25, 0.3) is 0 Å². The van der Waals surface area contributed by atoms with Crippen molar-refractivity contribution in [1.82, 2.24) is 10.3 Å². The minimum Gasteiger partial charge on any atom is -0.358 e. The van der Waals surface area contributed by atoms with Crippen LogP contribution in [0.5, 0.6) is 0 Å². The Bertz CT molecular complexity index is 558. The quantitative estimate of drug-likeness (QED) is 0.452. The Kier molecular flexibility index (Phi) is 7.15. The number of nitro groups is 1. The second-order valence-corrected chi connectivity index (χ2v) is 5.16. The molecule has 1 heterocycles. The van der Waals surface area contributed by atoms with Crippen molar-refractivity contribution < 1.29 is 14.5 Å². The number of hydrogen-bond donors (Lipinski definition) is 1. The van der Waals surface area contributed by atoms with Crippen LogP contribution in [-0.2, 0) is 4.79 Å². The van der Waals surface area contributed by atoms with Gasteiger partial charge in [0.25, 0.3) is 5.91 Å². The fraction of sp³-hybridized carbons (Fsp3) is 0.533. The summed E-state index contributed by atoms with van der Waals surface area (Å²) in [6, 6.07) is 1.08. The highest BCUT2D eigenvalue weighted by Gasteiger charge is 2.18. The van der Waals surface area contributed by atoms with E-state index in [0.29, 0.717) is 5.56 Å². The minimum atomic E-state index is -0.675. The number of carbonyl (C=O) groups excluding carboxylic acids is 2. The number of nitrogens with one attached hydrogen (secondary N) is 1. The first-order valence-corrected chi connectivity index (χ1v) is 7.41. The molecule has 22 heavy (non-hydrogen) atoms. The number of aromatic nitrogens is 1. The molecule has 0 saturated heterocycles. The SMILES string of the molecule is CCCCCCCC(=O)NC(=O)c1cc([N+](=O)[O-])ncc1C. The van der Waals surface area contributed by atoms with Gasteiger partial charge in [-0.2, -0.15) is 0 Å². The summed E-state index contributed by atoms with van der Waals surface area (Å²) in [4.78, 5) is 37.3. The number of nitrogens with zero attached hydrogens (tertiary/aromatic N) is 2. The predicted octanol–water partition coefficient (Wildman–Crippen LogP) is 2.92. The van der Waals surface area contributed by atoms with E-state index in [1.54, 1.807) is 6.92 Å². The van der Waals surface area contributed by atoms with E-state index in [1.807, 2.05) is 0 Å². The van der Waals surface area contributed by atoms with Crippen LogP contribution in [0.1, 0.15) is 61.4 Å². The van der Waals surface area contributed by atoms with Gasteiger partial charge < -0.3 is 10.1 Å². The average molecular weight is 307 g/mol. The minimum absolute atomic E-state index is 0.0982. The molecule has 0 aromatic carbocycles. The van der Waals surface area contributed by atoms with Gasteiger partial charge in [-0.1, -0.05) is 32.6 Å². The van der Waals surface area contributed by atoms with E-state index in [-0.39, 0.29) is 17.9 Å². The number of unbranched alkanes of at least 4 members (excludes halogenated alkanes) is 4. The van der Waals surface area contributed by atoms with Crippen molar-refractivity contribution in [2.45, 2.75) is 52.4 Å². The topological polar surface area (TPSA) is 102 Å². The molecule has 0 atom stereocenters. The second kappa shape index (κ2) is 8.86. The van der Waals surface area contributed by atoms with Crippen molar-refractivity contribution in [3.8, 4) is 0 Å². The zero-order valence-corrected chi connectivity index (χ0v) is 12.9. The van der Waals surface area contributed by atoms with Gasteiger partial charge in [-0.05, 0) is 23.3 Å². The maximum absolute atomic E-state index is 12.0. The standard InChI is InChI=1S/C15H21N3O4/c1-3-4-5-6-7-8-14(19)17-15(20)12-9-13(18(21)22)16-10-11(12)2/h9-10H,3-8H2,1-2H3,(H,17,19,20). The third-order valence-electron chi connectivity index (χ3n) is 3.28. The molecule has 1 N–H and O–H groups in total. The zero-order valence-electron chi connectivity index (χ0n) is 12.9. The third kappa shape index (κ3) is 5.59. The second-order valence-electron chi connectivity index (χ2n) is 5.16. The molecule has 7 nitrogen and oxygen atoms in total. The van der Waals surface area contributed by atoms with Gasteiger partial charge in [0.15, 0.2) is 0 Å². The van der Waals surface area contributed by atoms with E-state index in [4.69, 9.17) is 0 Å². The number of imide groups is 1. The molecule has 0 spiro atoms. The molecule has 2 amide bonds. The lowest BCUT2D eigenvalue weighted by Gasteiger charge is -2.06. The molecule has 0 unspecified atom stereocenters. The molecule has 7 heteroatoms. The van der Waals surface area contributed by atoms with Crippen molar-refractivity contribution in [3.05, 3.63) is 33.5 Å². The number of hydrogen-bond acceptors (Lipinski definition) is 5. The molecule has 0 aliphatic rings. The van der Waals surface area contributed by atoms with E-state index < -0.39 is 16.6 Å². The molecule has 0 radical (unpaired) electrons. The summed E-state index contributed by atoms with van der Waals surface area (Å²) in [6.07, 6.45) is 6.56. The largest absolute Gasteiger partial charge is 0.364 e. The summed E-state index contributed by atoms with van der Waals surface area (Å²) >= 11 is 0. The molecule has 0 fully saturated rings. The number of pyridine rings is 1. The summed E-state index contributed by atoms with van der Waals surface area (Å²) in [5.74, 6) is -1.40. The predicted molar refractivity (Wildman–Crippen MR) is 81.5 cm³/mol. The van der Waals surface area contributed by atoms with Gasteiger partial charge in [0, 0.05) is 18.1 Å². The van der Waals surface area contributed by atoms with Crippen LogP contribution in [0.3, 0.4) is 0 Å². The van der Waals surface area contributed by atoms with Gasteiger partial charge >= 0.3 is 5.82 Å². The zero-order chi connectivity index (χ0) is 16.5. The van der Waals surface area contributed by atoms with Gasteiger partial charge in [0.2, 0.25) is 5.91 Å². The highest BCUT2D eigenvalue weighted by molar-refractivity contribution is 6.05. The van der Waals surface area contributed by atoms with E-state index in [0.717, 1.165) is 38.2 Å². The van der Waals surface area contributed by atoms with Crippen LogP contribution in [0.4, 0.5) is 5.82 Å². The molecule has 0 aliphatic carbocycles. The van der Waals surface area contributed by atoms with Crippen LogP contribution in [0.2, 0.25) is 0 Å². The van der Waals surface area contributed by atoms with Gasteiger partial charge in [-0.3, -0.25) is 14.9 Å². The van der Waals surface area contributed by atoms with Crippen molar-refractivity contribution in [2.75, 3.05) is 0 Å². The molecule has 1 rings (SSSR count). The third-order valence-corrected chi connectivity index (χ3v) is 3.28. The van der Waals surface area contributed by atoms with Crippen molar-refractivity contribution in [3.63, 3.8) is 0 Å². The summed E-state index contributed by atoms with van der Waals surface area (Å²) in [5.41, 5.74) is 0.583. The molecule has 1 aromatic rings. The Morgan fingerprint density at radius 2 is 1.95 bits per heavy atom. The molecular formula is C15H21N3O4. The number of rotatable bonds is 8. The van der Waals surface area contributed by atoms with E-state index in [2.05, 4.69) is 17.2 Å². The van der Waals surface area contributed by atoms with Crippen LogP contribution >= 0.6 is 0 Å². The Hall–Kier alpha value is -2.31. The Balaban J connectivity index is 2.56. The maximum Gasteiger partial charge on any atom is 0.364 e. The summed E-state index contributed by atoms with van der Waals surface area (Å²) in [5, 5.41) is 12.9. The van der Waals surface area contributed by atoms with Crippen molar-refractivity contribution in [2.24, 2.45) is 0 Å². The fourth-order valence-electron chi connectivity index (χ4n) is 2.00.